The Balaban J connectivity index is 1.31. The number of hydrogen-bond donors (Lipinski definition) is 1. The molecule has 7 heteroatoms. The normalized spacial score (nSPS) is 20.0. The molecule has 0 radical (unpaired) electrons. The first-order valence-corrected chi connectivity index (χ1v) is 10.2. The Hall–Kier alpha value is -2.96. The van der Waals surface area contributed by atoms with Gasteiger partial charge in [0.05, 0.1) is 19.4 Å². The Morgan fingerprint density at radius 1 is 1.07 bits per heavy atom. The van der Waals surface area contributed by atoms with Crippen molar-refractivity contribution in [3.8, 4) is 5.75 Å². The first-order chi connectivity index (χ1) is 14.2. The zero-order valence-corrected chi connectivity index (χ0v) is 16.7. The van der Waals surface area contributed by atoms with Crippen LogP contribution in [0.2, 0.25) is 0 Å². The van der Waals surface area contributed by atoms with Crippen LogP contribution in [0.3, 0.4) is 0 Å². The number of carbonyl (C=O) groups excluding carboxylic acids is 2. The van der Waals surface area contributed by atoms with Crippen LogP contribution in [-0.4, -0.2) is 54.5 Å². The fourth-order valence-corrected chi connectivity index (χ4v) is 4.22. The Morgan fingerprint density at radius 2 is 1.83 bits per heavy atom. The summed E-state index contributed by atoms with van der Waals surface area (Å²) in [6, 6.07) is 11.5. The molecule has 0 aliphatic carbocycles. The second kappa shape index (κ2) is 8.59. The summed E-state index contributed by atoms with van der Waals surface area (Å²) in [7, 11) is 1.65. The number of benzene rings is 1. The molecule has 2 aliphatic rings. The summed E-state index contributed by atoms with van der Waals surface area (Å²) in [6.45, 7) is 2.00. The highest BCUT2D eigenvalue weighted by atomic mass is 16.5. The van der Waals surface area contributed by atoms with Crippen molar-refractivity contribution in [1.82, 2.24) is 15.1 Å². The van der Waals surface area contributed by atoms with Gasteiger partial charge in [0.2, 0.25) is 0 Å². The van der Waals surface area contributed by atoms with E-state index in [4.69, 9.17) is 9.15 Å². The van der Waals surface area contributed by atoms with E-state index in [1.54, 1.807) is 24.1 Å². The summed E-state index contributed by atoms with van der Waals surface area (Å²) in [5, 5.41) is 3.18. The third kappa shape index (κ3) is 4.23. The Morgan fingerprint density at radius 3 is 2.48 bits per heavy atom. The van der Waals surface area contributed by atoms with Crippen LogP contribution in [0, 0.1) is 0 Å². The van der Waals surface area contributed by atoms with Gasteiger partial charge < -0.3 is 24.3 Å². The first-order valence-electron chi connectivity index (χ1n) is 10.2. The molecule has 2 aromatic rings. The predicted molar refractivity (Wildman–Crippen MR) is 108 cm³/mol. The zero-order valence-electron chi connectivity index (χ0n) is 16.7. The predicted octanol–water partition coefficient (Wildman–Crippen LogP) is 3.44. The van der Waals surface area contributed by atoms with Crippen LogP contribution >= 0.6 is 0 Å². The van der Waals surface area contributed by atoms with Crippen LogP contribution < -0.4 is 10.1 Å². The average molecular weight is 397 g/mol. The fourth-order valence-electron chi connectivity index (χ4n) is 4.22. The number of hydrogen-bond acceptors (Lipinski definition) is 4. The first kappa shape index (κ1) is 19.4. The van der Waals surface area contributed by atoms with Gasteiger partial charge in [0.15, 0.2) is 5.76 Å². The number of likely N-dealkylation sites (tertiary alicyclic amines) is 2. The number of carbonyl (C=O) groups is 2. The standard InChI is InChI=1S/C22H27N3O4/c1-28-18-8-6-16(7-9-18)19-4-2-12-25(19)22(27)23-17-10-13-24(14-11-17)21(26)20-5-3-15-29-20/h3,5-9,15,17,19H,2,4,10-14H2,1H3,(H,23,27). The molecule has 0 bridgehead atoms. The van der Waals surface area contributed by atoms with E-state index in [-0.39, 0.29) is 24.0 Å². The molecule has 1 unspecified atom stereocenters. The van der Waals surface area contributed by atoms with Crippen molar-refractivity contribution in [3.63, 3.8) is 0 Å². The summed E-state index contributed by atoms with van der Waals surface area (Å²) >= 11 is 0. The topological polar surface area (TPSA) is 75.0 Å². The Labute approximate surface area is 170 Å². The highest BCUT2D eigenvalue weighted by molar-refractivity contribution is 5.91. The number of amides is 3. The van der Waals surface area contributed by atoms with E-state index in [0.717, 1.165) is 43.5 Å². The van der Waals surface area contributed by atoms with Gasteiger partial charge in [-0.15, -0.1) is 0 Å². The van der Waals surface area contributed by atoms with Crippen LogP contribution in [-0.2, 0) is 0 Å². The minimum absolute atomic E-state index is 0.0147. The van der Waals surface area contributed by atoms with Crippen LogP contribution in [0.25, 0.3) is 0 Å². The van der Waals surface area contributed by atoms with Crippen molar-refractivity contribution in [2.45, 2.75) is 37.8 Å². The highest BCUT2D eigenvalue weighted by Gasteiger charge is 2.32. The molecule has 29 heavy (non-hydrogen) atoms. The quantitative estimate of drug-likeness (QED) is 0.858. The van der Waals surface area contributed by atoms with Crippen molar-refractivity contribution >= 4 is 11.9 Å². The van der Waals surface area contributed by atoms with Gasteiger partial charge in [0.25, 0.3) is 5.91 Å². The van der Waals surface area contributed by atoms with E-state index in [1.165, 1.54) is 6.26 Å². The monoisotopic (exact) mass is 397 g/mol. The van der Waals surface area contributed by atoms with Gasteiger partial charge in [-0.2, -0.15) is 0 Å². The molecule has 0 spiro atoms. The molecule has 2 fully saturated rings. The lowest BCUT2D eigenvalue weighted by molar-refractivity contribution is 0.0674. The summed E-state index contributed by atoms with van der Waals surface area (Å²) in [5.41, 5.74) is 1.14. The second-order valence-electron chi connectivity index (χ2n) is 7.62. The Bertz CT molecular complexity index is 826. The minimum atomic E-state index is -0.0844. The lowest BCUT2D eigenvalue weighted by Gasteiger charge is -2.34. The van der Waals surface area contributed by atoms with Crippen molar-refractivity contribution < 1.29 is 18.7 Å². The van der Waals surface area contributed by atoms with Crippen molar-refractivity contribution in [3.05, 3.63) is 54.0 Å². The number of piperidine rings is 1. The summed E-state index contributed by atoms with van der Waals surface area (Å²) in [4.78, 5) is 29.0. The van der Waals surface area contributed by atoms with Crippen LogP contribution in [0.5, 0.6) is 5.75 Å². The number of furan rings is 1. The summed E-state index contributed by atoms with van der Waals surface area (Å²) < 4.78 is 10.4. The molecule has 0 saturated carbocycles. The molecule has 3 heterocycles. The second-order valence-corrected chi connectivity index (χ2v) is 7.62. The lowest BCUT2D eigenvalue weighted by atomic mass is 10.0. The molecule has 2 saturated heterocycles. The molecule has 1 atom stereocenters. The van der Waals surface area contributed by atoms with E-state index in [0.29, 0.717) is 18.8 Å². The van der Waals surface area contributed by atoms with Gasteiger partial charge in [0.1, 0.15) is 5.75 Å². The third-order valence-electron chi connectivity index (χ3n) is 5.86. The lowest BCUT2D eigenvalue weighted by Crippen LogP contribution is -2.50. The van der Waals surface area contributed by atoms with Crippen molar-refractivity contribution in [1.29, 1.82) is 0 Å². The molecular weight excluding hydrogens is 370 g/mol. The molecule has 4 rings (SSSR count). The van der Waals surface area contributed by atoms with Gasteiger partial charge >= 0.3 is 6.03 Å². The number of rotatable bonds is 4. The van der Waals surface area contributed by atoms with E-state index in [1.807, 2.05) is 29.2 Å². The van der Waals surface area contributed by atoms with Gasteiger partial charge in [-0.25, -0.2) is 4.79 Å². The van der Waals surface area contributed by atoms with Gasteiger partial charge in [-0.05, 0) is 55.5 Å². The maximum Gasteiger partial charge on any atom is 0.318 e. The fraction of sp³-hybridized carbons (Fsp3) is 0.455. The molecule has 1 aromatic heterocycles. The largest absolute Gasteiger partial charge is 0.497 e. The van der Waals surface area contributed by atoms with Crippen LogP contribution in [0.4, 0.5) is 4.79 Å². The number of nitrogens with zero attached hydrogens (tertiary/aromatic N) is 2. The van der Waals surface area contributed by atoms with E-state index in [9.17, 15) is 9.59 Å². The molecule has 154 valence electrons. The Kier molecular flexibility index (Phi) is 5.74. The number of methoxy groups -OCH3 is 1. The molecule has 2 aliphatic heterocycles. The maximum atomic E-state index is 12.9. The highest BCUT2D eigenvalue weighted by Crippen LogP contribution is 2.33. The van der Waals surface area contributed by atoms with Gasteiger partial charge in [0, 0.05) is 25.7 Å². The van der Waals surface area contributed by atoms with E-state index >= 15 is 0 Å². The zero-order chi connectivity index (χ0) is 20.2. The third-order valence-corrected chi connectivity index (χ3v) is 5.86. The molecular formula is C22H27N3O4. The number of ether oxygens (including phenoxy) is 1. The summed E-state index contributed by atoms with van der Waals surface area (Å²) in [5.74, 6) is 1.10. The number of urea groups is 1. The van der Waals surface area contributed by atoms with E-state index < -0.39 is 0 Å². The molecule has 3 amide bonds. The van der Waals surface area contributed by atoms with Crippen LogP contribution in [0.1, 0.15) is 47.8 Å². The SMILES string of the molecule is COc1ccc(C2CCCN2C(=O)NC2CCN(C(=O)c3ccco3)CC2)cc1. The van der Waals surface area contributed by atoms with E-state index in [2.05, 4.69) is 5.32 Å². The van der Waals surface area contributed by atoms with Gasteiger partial charge in [-0.3, -0.25) is 4.79 Å². The molecule has 1 aromatic carbocycles. The summed E-state index contributed by atoms with van der Waals surface area (Å²) in [6.07, 6.45) is 4.98. The number of nitrogens with one attached hydrogen (secondary N) is 1. The van der Waals surface area contributed by atoms with Crippen molar-refractivity contribution in [2.24, 2.45) is 0 Å². The average Bonchev–Trinajstić information content (AvgIpc) is 3.46. The maximum absolute atomic E-state index is 12.9. The molecule has 1 N–H and O–H groups in total. The smallest absolute Gasteiger partial charge is 0.318 e. The van der Waals surface area contributed by atoms with Crippen LogP contribution in [0.15, 0.2) is 47.1 Å². The van der Waals surface area contributed by atoms with Crippen molar-refractivity contribution in [2.75, 3.05) is 26.7 Å². The minimum Gasteiger partial charge on any atom is -0.497 e. The molecule has 7 nitrogen and oxygen atoms in total. The van der Waals surface area contributed by atoms with Gasteiger partial charge in [-0.1, -0.05) is 12.1 Å².